The van der Waals surface area contributed by atoms with Crippen molar-refractivity contribution in [2.24, 2.45) is 0 Å². The maximum absolute atomic E-state index is 8.76. The minimum Gasteiger partial charge on any atom is -0.496 e. The molecule has 0 saturated carbocycles. The number of rotatable bonds is 3. The number of benzene rings is 1. The molecule has 72 valence electrons. The molecule has 0 heterocycles. The van der Waals surface area contributed by atoms with E-state index in [0.29, 0.717) is 5.56 Å². The van der Waals surface area contributed by atoms with Crippen LogP contribution >= 0.6 is 0 Å². The molecule has 1 rings (SSSR count). The maximum atomic E-state index is 8.76. The summed E-state index contributed by atoms with van der Waals surface area (Å²) in [6.07, 6.45) is 1.83. The minimum absolute atomic E-state index is 0.193. The molecule has 0 fully saturated rings. The lowest BCUT2D eigenvalue weighted by atomic mass is 9.98. The zero-order chi connectivity index (χ0) is 10.6. The largest absolute Gasteiger partial charge is 0.496 e. The first-order valence-corrected chi connectivity index (χ1v) is 4.43. The maximum Gasteiger partial charge on any atom is 0.122 e. The molecule has 0 radical (unpaired) electrons. The van der Waals surface area contributed by atoms with E-state index in [2.05, 4.69) is 12.6 Å². The van der Waals surface area contributed by atoms with Crippen LogP contribution in [0.3, 0.4) is 0 Å². The molecule has 1 aromatic carbocycles. The van der Waals surface area contributed by atoms with E-state index in [1.54, 1.807) is 13.2 Å². The topological polar surface area (TPSA) is 33.0 Å². The first kappa shape index (κ1) is 10.3. The van der Waals surface area contributed by atoms with Gasteiger partial charge in [-0.2, -0.15) is 5.26 Å². The fourth-order valence-corrected chi connectivity index (χ4v) is 1.29. The fraction of sp³-hybridized carbons (Fsp3) is 0.250. The first-order valence-electron chi connectivity index (χ1n) is 4.43. The Hall–Kier alpha value is -1.75. The van der Waals surface area contributed by atoms with Crippen LogP contribution in [0.25, 0.3) is 0 Å². The smallest absolute Gasteiger partial charge is 0.122 e. The lowest BCUT2D eigenvalue weighted by Crippen LogP contribution is -1.95. The van der Waals surface area contributed by atoms with Gasteiger partial charge in [-0.1, -0.05) is 13.0 Å². The summed E-state index contributed by atoms with van der Waals surface area (Å²) < 4.78 is 5.21. The van der Waals surface area contributed by atoms with Crippen LogP contribution in [0, 0.1) is 11.3 Å². The van der Waals surface area contributed by atoms with Gasteiger partial charge in [-0.25, -0.2) is 0 Å². The van der Waals surface area contributed by atoms with Crippen molar-refractivity contribution < 1.29 is 4.74 Å². The Kier molecular flexibility index (Phi) is 3.30. The Morgan fingerprint density at radius 2 is 2.29 bits per heavy atom. The van der Waals surface area contributed by atoms with E-state index in [-0.39, 0.29) is 5.92 Å². The number of nitrogens with zero attached hydrogens (tertiary/aromatic N) is 1. The van der Waals surface area contributed by atoms with Crippen molar-refractivity contribution in [1.82, 2.24) is 0 Å². The van der Waals surface area contributed by atoms with Crippen LogP contribution < -0.4 is 4.74 Å². The SMILES string of the molecule is C=CC(C)c1cc(C#N)ccc1OC. The van der Waals surface area contributed by atoms with E-state index in [1.165, 1.54) is 0 Å². The third kappa shape index (κ3) is 1.94. The van der Waals surface area contributed by atoms with E-state index >= 15 is 0 Å². The summed E-state index contributed by atoms with van der Waals surface area (Å²) in [5.74, 6) is 0.995. The molecule has 0 saturated heterocycles. The monoisotopic (exact) mass is 187 g/mol. The second kappa shape index (κ2) is 4.48. The molecular weight excluding hydrogens is 174 g/mol. The average Bonchev–Trinajstić information content (AvgIpc) is 2.27. The lowest BCUT2D eigenvalue weighted by Gasteiger charge is -2.12. The van der Waals surface area contributed by atoms with Crippen LogP contribution in [0.15, 0.2) is 30.9 Å². The Morgan fingerprint density at radius 1 is 1.57 bits per heavy atom. The van der Waals surface area contributed by atoms with Crippen LogP contribution in [0.1, 0.15) is 24.0 Å². The molecule has 0 bridgehead atoms. The summed E-state index contributed by atoms with van der Waals surface area (Å²) >= 11 is 0. The van der Waals surface area contributed by atoms with Gasteiger partial charge in [0.25, 0.3) is 0 Å². The number of allylic oxidation sites excluding steroid dienone is 1. The first-order chi connectivity index (χ1) is 6.72. The molecule has 0 spiro atoms. The Balaban J connectivity index is 3.22. The van der Waals surface area contributed by atoms with Crippen LogP contribution in [0.4, 0.5) is 0 Å². The molecule has 0 aliphatic carbocycles. The second-order valence-electron chi connectivity index (χ2n) is 3.09. The number of methoxy groups -OCH3 is 1. The van der Waals surface area contributed by atoms with E-state index in [0.717, 1.165) is 11.3 Å². The molecule has 2 heteroatoms. The van der Waals surface area contributed by atoms with Crippen molar-refractivity contribution in [2.45, 2.75) is 12.8 Å². The highest BCUT2D eigenvalue weighted by Crippen LogP contribution is 2.27. The number of hydrogen-bond acceptors (Lipinski definition) is 2. The molecular formula is C12H13NO. The van der Waals surface area contributed by atoms with E-state index in [9.17, 15) is 0 Å². The van der Waals surface area contributed by atoms with Crippen molar-refractivity contribution >= 4 is 0 Å². The molecule has 2 nitrogen and oxygen atoms in total. The molecule has 1 atom stereocenters. The summed E-state index contributed by atoms with van der Waals surface area (Å²) in [6.45, 7) is 5.75. The summed E-state index contributed by atoms with van der Waals surface area (Å²) in [4.78, 5) is 0. The zero-order valence-corrected chi connectivity index (χ0v) is 8.45. The third-order valence-electron chi connectivity index (χ3n) is 2.20. The average molecular weight is 187 g/mol. The predicted molar refractivity (Wildman–Crippen MR) is 56.3 cm³/mol. The predicted octanol–water partition coefficient (Wildman–Crippen LogP) is 2.86. The van der Waals surface area contributed by atoms with Gasteiger partial charge in [0.2, 0.25) is 0 Å². The molecule has 0 aromatic heterocycles. The number of hydrogen-bond donors (Lipinski definition) is 0. The normalized spacial score (nSPS) is 11.5. The van der Waals surface area contributed by atoms with E-state index < -0.39 is 0 Å². The van der Waals surface area contributed by atoms with Gasteiger partial charge in [0, 0.05) is 11.5 Å². The minimum atomic E-state index is 0.193. The zero-order valence-electron chi connectivity index (χ0n) is 8.45. The molecule has 0 amide bonds. The van der Waals surface area contributed by atoms with Gasteiger partial charge < -0.3 is 4.74 Å². The Morgan fingerprint density at radius 3 is 2.79 bits per heavy atom. The highest BCUT2D eigenvalue weighted by molar-refractivity contribution is 5.44. The summed E-state index contributed by atoms with van der Waals surface area (Å²) in [7, 11) is 1.63. The van der Waals surface area contributed by atoms with Gasteiger partial charge in [0.1, 0.15) is 5.75 Å². The molecule has 1 aromatic rings. The Labute approximate surface area is 84.4 Å². The van der Waals surface area contributed by atoms with Gasteiger partial charge in [0.05, 0.1) is 18.7 Å². The van der Waals surface area contributed by atoms with Gasteiger partial charge in [-0.3, -0.25) is 0 Å². The standard InChI is InChI=1S/C12H13NO/c1-4-9(2)11-7-10(8-13)5-6-12(11)14-3/h4-7,9H,1H2,2-3H3. The molecule has 1 unspecified atom stereocenters. The highest BCUT2D eigenvalue weighted by atomic mass is 16.5. The van der Waals surface area contributed by atoms with Crippen molar-refractivity contribution in [3.05, 3.63) is 42.0 Å². The number of ether oxygens (including phenoxy) is 1. The van der Waals surface area contributed by atoms with Crippen molar-refractivity contribution in [3.8, 4) is 11.8 Å². The summed E-state index contributed by atoms with van der Waals surface area (Å²) in [6, 6.07) is 7.51. The van der Waals surface area contributed by atoms with Crippen molar-refractivity contribution in [2.75, 3.05) is 7.11 Å². The molecule has 14 heavy (non-hydrogen) atoms. The van der Waals surface area contributed by atoms with Crippen LogP contribution in [0.2, 0.25) is 0 Å². The van der Waals surface area contributed by atoms with Gasteiger partial charge >= 0.3 is 0 Å². The van der Waals surface area contributed by atoms with Crippen LogP contribution in [-0.4, -0.2) is 7.11 Å². The lowest BCUT2D eigenvalue weighted by molar-refractivity contribution is 0.408. The molecule has 0 N–H and O–H groups in total. The van der Waals surface area contributed by atoms with Crippen molar-refractivity contribution in [3.63, 3.8) is 0 Å². The highest BCUT2D eigenvalue weighted by Gasteiger charge is 2.08. The quantitative estimate of drug-likeness (QED) is 0.681. The summed E-state index contributed by atoms with van der Waals surface area (Å²) in [5, 5.41) is 8.76. The second-order valence-corrected chi connectivity index (χ2v) is 3.09. The van der Waals surface area contributed by atoms with Crippen molar-refractivity contribution in [1.29, 1.82) is 5.26 Å². The van der Waals surface area contributed by atoms with Crippen LogP contribution in [-0.2, 0) is 0 Å². The molecule has 0 aliphatic rings. The third-order valence-corrected chi connectivity index (χ3v) is 2.20. The molecule has 0 aliphatic heterocycles. The fourth-order valence-electron chi connectivity index (χ4n) is 1.29. The van der Waals surface area contributed by atoms with Crippen LogP contribution in [0.5, 0.6) is 5.75 Å². The summed E-state index contributed by atoms with van der Waals surface area (Å²) in [5.41, 5.74) is 1.65. The Bertz CT molecular complexity index is 376. The number of nitriles is 1. The van der Waals surface area contributed by atoms with E-state index in [1.807, 2.05) is 25.1 Å². The van der Waals surface area contributed by atoms with Gasteiger partial charge in [-0.15, -0.1) is 6.58 Å². The van der Waals surface area contributed by atoms with Gasteiger partial charge in [0.15, 0.2) is 0 Å². The van der Waals surface area contributed by atoms with E-state index in [4.69, 9.17) is 10.00 Å². The van der Waals surface area contributed by atoms with Gasteiger partial charge in [-0.05, 0) is 18.2 Å².